The Balaban J connectivity index is 2.04. The third-order valence-corrected chi connectivity index (χ3v) is 3.31. The average Bonchev–Trinajstić information content (AvgIpc) is 2.94. The molecule has 1 aliphatic heterocycles. The third-order valence-electron chi connectivity index (χ3n) is 3.31. The van der Waals surface area contributed by atoms with Crippen LogP contribution in [-0.2, 0) is 4.74 Å². The van der Waals surface area contributed by atoms with Crippen LogP contribution in [0.3, 0.4) is 0 Å². The van der Waals surface area contributed by atoms with E-state index in [1.54, 1.807) is 10.6 Å². The lowest BCUT2D eigenvalue weighted by atomic mass is 10.1. The highest BCUT2D eigenvalue weighted by molar-refractivity contribution is 5.84. The summed E-state index contributed by atoms with van der Waals surface area (Å²) in [6, 6.07) is 1.69. The minimum absolute atomic E-state index is 0.281. The number of nitrogens with zero attached hydrogens (tertiary/aromatic N) is 3. The Morgan fingerprint density at radius 1 is 1.32 bits per heavy atom. The van der Waals surface area contributed by atoms with Gasteiger partial charge in [0.1, 0.15) is 23.8 Å². The number of anilines is 1. The lowest BCUT2D eigenvalue weighted by Gasteiger charge is -2.16. The second-order valence-electron chi connectivity index (χ2n) is 4.44. The Hall–Kier alpha value is -1.74. The maximum atomic E-state index is 9.98. The molecule has 1 fully saturated rings. The van der Waals surface area contributed by atoms with Gasteiger partial charge in [0.25, 0.3) is 0 Å². The Bertz CT molecular complexity index is 601. The number of pyridine rings is 1. The highest BCUT2D eigenvalue weighted by atomic mass is 16.6. The lowest BCUT2D eigenvalue weighted by molar-refractivity contribution is -0.0508. The van der Waals surface area contributed by atoms with E-state index in [0.29, 0.717) is 11.0 Å². The Kier molecular flexibility index (Phi) is 2.86. The molecule has 102 valence electrons. The zero-order chi connectivity index (χ0) is 13.6. The number of hydrogen-bond acceptors (Lipinski definition) is 7. The fraction of sp³-hybridized carbons (Fsp3) is 0.455. The minimum Gasteiger partial charge on any atom is -0.394 e. The molecule has 0 spiro atoms. The standard InChI is InChI=1S/C11H14N4O4/c12-10-7-5(1-2-13-10)15(4-14-7)11-9(18)8(17)6(3-16)19-11/h1-2,4,6,8-9,11,16-18H,3H2,(H2,12,13)/t6-,8-,9+,11-/m1/s1. The van der Waals surface area contributed by atoms with Crippen molar-refractivity contribution in [2.24, 2.45) is 0 Å². The van der Waals surface area contributed by atoms with Gasteiger partial charge in [0, 0.05) is 6.20 Å². The van der Waals surface area contributed by atoms with Crippen molar-refractivity contribution in [3.05, 3.63) is 18.6 Å². The average molecular weight is 266 g/mol. The number of ether oxygens (including phenoxy) is 1. The second kappa shape index (κ2) is 4.42. The van der Waals surface area contributed by atoms with E-state index in [2.05, 4.69) is 9.97 Å². The largest absolute Gasteiger partial charge is 0.394 e. The van der Waals surface area contributed by atoms with Gasteiger partial charge < -0.3 is 30.4 Å². The van der Waals surface area contributed by atoms with Crippen LogP contribution in [-0.4, -0.2) is 54.8 Å². The van der Waals surface area contributed by atoms with Crippen LogP contribution in [0.1, 0.15) is 6.23 Å². The summed E-state index contributed by atoms with van der Waals surface area (Å²) in [6.45, 7) is -0.370. The molecule has 8 nitrogen and oxygen atoms in total. The summed E-state index contributed by atoms with van der Waals surface area (Å²) in [7, 11) is 0. The molecule has 1 saturated heterocycles. The zero-order valence-corrected chi connectivity index (χ0v) is 9.92. The van der Waals surface area contributed by atoms with Crippen molar-refractivity contribution < 1.29 is 20.1 Å². The van der Waals surface area contributed by atoms with E-state index in [4.69, 9.17) is 15.6 Å². The third kappa shape index (κ3) is 1.77. The molecular weight excluding hydrogens is 252 g/mol. The topological polar surface area (TPSA) is 127 Å². The smallest absolute Gasteiger partial charge is 0.164 e. The molecule has 1 aliphatic rings. The highest BCUT2D eigenvalue weighted by Crippen LogP contribution is 2.32. The first-order valence-corrected chi connectivity index (χ1v) is 5.83. The van der Waals surface area contributed by atoms with Gasteiger partial charge in [-0.3, -0.25) is 0 Å². The van der Waals surface area contributed by atoms with Crippen LogP contribution >= 0.6 is 0 Å². The first-order chi connectivity index (χ1) is 9.13. The number of nitrogens with two attached hydrogens (primary N) is 1. The first-order valence-electron chi connectivity index (χ1n) is 5.83. The summed E-state index contributed by atoms with van der Waals surface area (Å²) in [5.41, 5.74) is 6.85. The first kappa shape index (κ1) is 12.3. The minimum atomic E-state index is -1.15. The molecule has 3 heterocycles. The van der Waals surface area contributed by atoms with Crippen molar-refractivity contribution in [2.45, 2.75) is 24.5 Å². The molecule has 0 radical (unpaired) electrons. The maximum Gasteiger partial charge on any atom is 0.164 e. The summed E-state index contributed by atoms with van der Waals surface area (Å²) in [5.74, 6) is 0.281. The summed E-state index contributed by atoms with van der Waals surface area (Å²) in [5, 5.41) is 28.8. The number of fused-ring (bicyclic) bond motifs is 1. The predicted molar refractivity (Wildman–Crippen MR) is 64.9 cm³/mol. The molecule has 4 atom stereocenters. The summed E-state index contributed by atoms with van der Waals surface area (Å²) >= 11 is 0. The van der Waals surface area contributed by atoms with Crippen molar-refractivity contribution in [3.8, 4) is 0 Å². The number of nitrogen functional groups attached to an aromatic ring is 1. The number of aliphatic hydroxyl groups excluding tert-OH is 3. The molecule has 19 heavy (non-hydrogen) atoms. The van der Waals surface area contributed by atoms with Gasteiger partial charge in [-0.05, 0) is 6.07 Å². The lowest BCUT2D eigenvalue weighted by Crippen LogP contribution is -2.33. The molecule has 3 rings (SSSR count). The Morgan fingerprint density at radius 2 is 2.11 bits per heavy atom. The molecule has 8 heteroatoms. The molecule has 0 aliphatic carbocycles. The van der Waals surface area contributed by atoms with Crippen LogP contribution in [0.25, 0.3) is 11.0 Å². The summed E-state index contributed by atoms with van der Waals surface area (Å²) < 4.78 is 7.01. The number of aliphatic hydroxyl groups is 3. The summed E-state index contributed by atoms with van der Waals surface area (Å²) in [6.07, 6.45) is -0.952. The van der Waals surface area contributed by atoms with Gasteiger partial charge >= 0.3 is 0 Å². The Labute approximate surface area is 108 Å². The van der Waals surface area contributed by atoms with Crippen LogP contribution in [0, 0.1) is 0 Å². The fourth-order valence-corrected chi connectivity index (χ4v) is 2.29. The molecule has 2 aromatic heterocycles. The molecule has 0 aromatic carbocycles. The van der Waals surface area contributed by atoms with Gasteiger partial charge in [-0.15, -0.1) is 0 Å². The molecular formula is C11H14N4O4. The number of aromatic nitrogens is 3. The van der Waals surface area contributed by atoms with E-state index in [9.17, 15) is 10.2 Å². The van der Waals surface area contributed by atoms with Gasteiger partial charge in [-0.1, -0.05) is 0 Å². The van der Waals surface area contributed by atoms with Crippen molar-refractivity contribution in [1.82, 2.24) is 14.5 Å². The van der Waals surface area contributed by atoms with Crippen LogP contribution in [0.15, 0.2) is 18.6 Å². The van der Waals surface area contributed by atoms with Crippen LogP contribution in [0.5, 0.6) is 0 Å². The molecule has 0 saturated carbocycles. The van der Waals surface area contributed by atoms with Crippen LogP contribution in [0.4, 0.5) is 5.82 Å². The number of imidazole rings is 1. The van der Waals surface area contributed by atoms with Gasteiger partial charge in [0.05, 0.1) is 18.5 Å². The van der Waals surface area contributed by atoms with Gasteiger partial charge in [-0.25, -0.2) is 9.97 Å². The van der Waals surface area contributed by atoms with Crippen molar-refractivity contribution >= 4 is 16.9 Å². The van der Waals surface area contributed by atoms with Crippen molar-refractivity contribution in [2.75, 3.05) is 12.3 Å². The normalized spacial score (nSPS) is 31.1. The molecule has 0 bridgehead atoms. The Morgan fingerprint density at radius 3 is 2.79 bits per heavy atom. The summed E-state index contributed by atoms with van der Waals surface area (Å²) in [4.78, 5) is 8.03. The SMILES string of the molecule is Nc1nccc2c1ncn2[C@@H]1O[C@H](CO)[C@@H](O)[C@@H]1O. The predicted octanol–water partition coefficient (Wildman–Crippen LogP) is -1.38. The zero-order valence-electron chi connectivity index (χ0n) is 9.92. The van der Waals surface area contributed by atoms with Gasteiger partial charge in [-0.2, -0.15) is 0 Å². The quantitative estimate of drug-likeness (QED) is 0.528. The van der Waals surface area contributed by atoms with E-state index in [1.165, 1.54) is 12.5 Å². The highest BCUT2D eigenvalue weighted by Gasteiger charge is 2.43. The van der Waals surface area contributed by atoms with E-state index < -0.39 is 24.5 Å². The van der Waals surface area contributed by atoms with E-state index >= 15 is 0 Å². The van der Waals surface area contributed by atoms with Crippen molar-refractivity contribution in [3.63, 3.8) is 0 Å². The van der Waals surface area contributed by atoms with E-state index in [-0.39, 0.29) is 12.4 Å². The van der Waals surface area contributed by atoms with Crippen molar-refractivity contribution in [1.29, 1.82) is 0 Å². The van der Waals surface area contributed by atoms with Crippen LogP contribution in [0.2, 0.25) is 0 Å². The number of rotatable bonds is 2. The number of hydrogen-bond donors (Lipinski definition) is 4. The van der Waals surface area contributed by atoms with Gasteiger partial charge in [0.2, 0.25) is 0 Å². The monoisotopic (exact) mass is 266 g/mol. The molecule has 0 amide bonds. The molecule has 5 N–H and O–H groups in total. The van der Waals surface area contributed by atoms with Gasteiger partial charge in [0.15, 0.2) is 12.0 Å². The van der Waals surface area contributed by atoms with E-state index in [1.807, 2.05) is 0 Å². The fourth-order valence-electron chi connectivity index (χ4n) is 2.29. The van der Waals surface area contributed by atoms with E-state index in [0.717, 1.165) is 0 Å². The van der Waals surface area contributed by atoms with Crippen LogP contribution < -0.4 is 5.73 Å². The molecule has 2 aromatic rings. The second-order valence-corrected chi connectivity index (χ2v) is 4.44. The maximum absolute atomic E-state index is 9.98. The molecule has 0 unspecified atom stereocenters.